The number of anilines is 2. The maximum atomic E-state index is 13.2. The number of carbonyl (C=O) groups excluding carboxylic acids is 1. The minimum Gasteiger partial charge on any atom is -0.361 e. The molecule has 6 nitrogen and oxygen atoms in total. The van der Waals surface area contributed by atoms with Crippen LogP contribution in [0.25, 0.3) is 0 Å². The van der Waals surface area contributed by atoms with E-state index in [9.17, 15) is 22.8 Å². The lowest BCUT2D eigenvalue weighted by Gasteiger charge is -2.21. The normalized spacial score (nSPS) is 13.8. The van der Waals surface area contributed by atoms with Gasteiger partial charge >= 0.3 is 6.18 Å². The number of halogens is 3. The van der Waals surface area contributed by atoms with Crippen LogP contribution in [-0.4, -0.2) is 16.1 Å². The molecule has 0 aliphatic carbocycles. The quantitative estimate of drug-likeness (QED) is 0.880. The zero-order valence-electron chi connectivity index (χ0n) is 12.6. The van der Waals surface area contributed by atoms with Crippen LogP contribution in [0.1, 0.15) is 23.6 Å². The highest BCUT2D eigenvalue weighted by molar-refractivity contribution is 5.90. The molecule has 24 heavy (non-hydrogen) atoms. The molecule has 0 unspecified atom stereocenters. The molecule has 2 aromatic rings. The van der Waals surface area contributed by atoms with Gasteiger partial charge in [0.05, 0.1) is 11.9 Å². The summed E-state index contributed by atoms with van der Waals surface area (Å²) in [7, 11) is 0. The van der Waals surface area contributed by atoms with Crippen LogP contribution < -0.4 is 15.8 Å². The van der Waals surface area contributed by atoms with Gasteiger partial charge in [0.2, 0.25) is 5.91 Å². The topological polar surface area (TPSA) is 78.1 Å². The Bertz CT molecular complexity index is 861. The van der Waals surface area contributed by atoms with Crippen molar-refractivity contribution in [3.8, 4) is 0 Å². The summed E-state index contributed by atoms with van der Waals surface area (Å²) in [6, 6.07) is 5.17. The number of aromatic amines is 1. The van der Waals surface area contributed by atoms with Crippen molar-refractivity contribution in [1.82, 2.24) is 10.2 Å². The maximum Gasteiger partial charge on any atom is 0.423 e. The van der Waals surface area contributed by atoms with Crippen LogP contribution >= 0.6 is 0 Å². The van der Waals surface area contributed by atoms with E-state index in [-0.39, 0.29) is 24.7 Å². The van der Waals surface area contributed by atoms with Crippen molar-refractivity contribution in [2.45, 2.75) is 26.2 Å². The third kappa shape index (κ3) is 2.84. The molecule has 2 N–H and O–H groups in total. The van der Waals surface area contributed by atoms with Crippen LogP contribution in [-0.2, 0) is 24.1 Å². The molecule has 0 atom stereocenters. The zero-order chi connectivity index (χ0) is 17.5. The number of rotatable bonds is 2. The van der Waals surface area contributed by atoms with Crippen molar-refractivity contribution in [2.24, 2.45) is 0 Å². The number of fused-ring (bicyclic) bond motifs is 1. The Balaban J connectivity index is 2.02. The van der Waals surface area contributed by atoms with Crippen LogP contribution in [0.5, 0.6) is 0 Å². The van der Waals surface area contributed by atoms with E-state index in [1.54, 1.807) is 18.2 Å². The number of aromatic nitrogens is 2. The maximum absolute atomic E-state index is 13.2. The van der Waals surface area contributed by atoms with Crippen molar-refractivity contribution in [1.29, 1.82) is 0 Å². The molecule has 2 heterocycles. The molecule has 0 fully saturated rings. The first-order chi connectivity index (χ1) is 11.3. The molecule has 0 spiro atoms. The molecule has 0 radical (unpaired) electrons. The molecule has 1 aliphatic heterocycles. The number of hydrogen-bond acceptors (Lipinski definition) is 4. The Morgan fingerprint density at radius 2 is 2.08 bits per heavy atom. The van der Waals surface area contributed by atoms with E-state index in [4.69, 9.17) is 0 Å². The first kappa shape index (κ1) is 16.0. The number of alkyl halides is 3. The second-order valence-electron chi connectivity index (χ2n) is 5.44. The van der Waals surface area contributed by atoms with Gasteiger partial charge in [-0.05, 0) is 17.2 Å². The van der Waals surface area contributed by atoms with Gasteiger partial charge in [-0.3, -0.25) is 9.59 Å². The number of nitrogens with one attached hydrogen (secondary N) is 2. The Morgan fingerprint density at radius 3 is 2.75 bits per heavy atom. The minimum atomic E-state index is -4.79. The van der Waals surface area contributed by atoms with E-state index >= 15 is 0 Å². The molecule has 1 amide bonds. The smallest absolute Gasteiger partial charge is 0.361 e. The summed E-state index contributed by atoms with van der Waals surface area (Å²) >= 11 is 0. The van der Waals surface area contributed by atoms with Gasteiger partial charge in [-0.15, -0.1) is 0 Å². The summed E-state index contributed by atoms with van der Waals surface area (Å²) in [5, 5.41) is 7.97. The first-order valence-electron chi connectivity index (χ1n) is 7.05. The van der Waals surface area contributed by atoms with Crippen LogP contribution in [0.4, 0.5) is 24.5 Å². The lowest BCUT2D eigenvalue weighted by atomic mass is 10.1. The van der Waals surface area contributed by atoms with E-state index in [1.807, 2.05) is 5.10 Å². The van der Waals surface area contributed by atoms with Gasteiger partial charge in [0.1, 0.15) is 5.56 Å². The number of hydrogen-bond donors (Lipinski definition) is 2. The van der Waals surface area contributed by atoms with Crippen LogP contribution in [0, 0.1) is 0 Å². The highest BCUT2D eigenvalue weighted by atomic mass is 19.4. The highest BCUT2D eigenvalue weighted by Gasteiger charge is 2.39. The van der Waals surface area contributed by atoms with Gasteiger partial charge in [0.15, 0.2) is 0 Å². The van der Waals surface area contributed by atoms with Gasteiger partial charge in [-0.1, -0.05) is 12.1 Å². The fraction of sp³-hybridized carbons (Fsp3) is 0.267. The summed E-state index contributed by atoms with van der Waals surface area (Å²) in [4.78, 5) is 24.3. The zero-order valence-corrected chi connectivity index (χ0v) is 12.6. The van der Waals surface area contributed by atoms with E-state index < -0.39 is 17.3 Å². The Labute approximate surface area is 134 Å². The number of amides is 1. The Hall–Kier alpha value is -2.84. The van der Waals surface area contributed by atoms with Crippen molar-refractivity contribution < 1.29 is 18.0 Å². The molecule has 0 bridgehead atoms. The van der Waals surface area contributed by atoms with Gasteiger partial charge in [0.25, 0.3) is 5.56 Å². The van der Waals surface area contributed by atoms with Gasteiger partial charge in [-0.2, -0.15) is 18.3 Å². The van der Waals surface area contributed by atoms with Crippen LogP contribution in [0.3, 0.4) is 0 Å². The summed E-state index contributed by atoms with van der Waals surface area (Å²) < 4.78 is 39.6. The second kappa shape index (κ2) is 5.66. The number of benzene rings is 1. The third-order valence-corrected chi connectivity index (χ3v) is 3.75. The van der Waals surface area contributed by atoms with Crippen LogP contribution in [0.15, 0.2) is 29.2 Å². The number of carbonyl (C=O) groups is 1. The predicted octanol–water partition coefficient (Wildman–Crippen LogP) is 2.27. The standard InChI is InChI=1S/C15H13F3N4O2/c1-8(23)20-11-4-2-3-9-6-22(7-10(9)11)12-5-19-21-14(24)13(12)15(16,17)18/h2-5H,6-7H2,1H3,(H,20,23)(H,21,24). The van der Waals surface area contributed by atoms with Crippen molar-refractivity contribution in [2.75, 3.05) is 10.2 Å². The first-order valence-corrected chi connectivity index (χ1v) is 7.05. The van der Waals surface area contributed by atoms with Gasteiger partial charge in [-0.25, -0.2) is 5.10 Å². The fourth-order valence-electron chi connectivity index (χ4n) is 2.80. The average molecular weight is 338 g/mol. The summed E-state index contributed by atoms with van der Waals surface area (Å²) in [6.45, 7) is 1.69. The molecule has 0 saturated carbocycles. The second-order valence-corrected chi connectivity index (χ2v) is 5.44. The van der Waals surface area contributed by atoms with E-state index in [2.05, 4.69) is 10.4 Å². The molecular weight excluding hydrogens is 325 g/mol. The van der Waals surface area contributed by atoms with E-state index in [0.717, 1.165) is 17.3 Å². The fourth-order valence-corrected chi connectivity index (χ4v) is 2.80. The number of nitrogens with zero attached hydrogens (tertiary/aromatic N) is 2. The van der Waals surface area contributed by atoms with E-state index in [1.165, 1.54) is 11.8 Å². The molecular formula is C15H13F3N4O2. The lowest BCUT2D eigenvalue weighted by Crippen LogP contribution is -2.28. The molecule has 1 aromatic heterocycles. The van der Waals surface area contributed by atoms with Crippen LogP contribution in [0.2, 0.25) is 0 Å². The third-order valence-electron chi connectivity index (χ3n) is 3.75. The largest absolute Gasteiger partial charge is 0.423 e. The molecule has 126 valence electrons. The summed E-state index contributed by atoms with van der Waals surface area (Å²) in [5.74, 6) is -0.268. The number of H-pyrrole nitrogens is 1. The molecule has 1 aromatic carbocycles. The lowest BCUT2D eigenvalue weighted by molar-refractivity contribution is -0.138. The van der Waals surface area contributed by atoms with Crippen molar-refractivity contribution in [3.05, 3.63) is 51.4 Å². The average Bonchev–Trinajstić information content (AvgIpc) is 2.90. The van der Waals surface area contributed by atoms with Crippen molar-refractivity contribution in [3.63, 3.8) is 0 Å². The highest BCUT2D eigenvalue weighted by Crippen LogP contribution is 2.38. The summed E-state index contributed by atoms with van der Waals surface area (Å²) in [6.07, 6.45) is -3.80. The summed E-state index contributed by atoms with van der Waals surface area (Å²) in [5.41, 5.74) is -0.773. The molecule has 0 saturated heterocycles. The molecule has 1 aliphatic rings. The Kier molecular flexibility index (Phi) is 3.78. The van der Waals surface area contributed by atoms with Gasteiger partial charge < -0.3 is 10.2 Å². The predicted molar refractivity (Wildman–Crippen MR) is 80.5 cm³/mol. The SMILES string of the molecule is CC(=O)Nc1cccc2c1CN(c1cn[nH]c(=O)c1C(F)(F)F)C2. The van der Waals surface area contributed by atoms with E-state index in [0.29, 0.717) is 5.69 Å². The monoisotopic (exact) mass is 338 g/mol. The minimum absolute atomic E-state index is 0.139. The molecule has 3 rings (SSSR count). The Morgan fingerprint density at radius 1 is 1.33 bits per heavy atom. The van der Waals surface area contributed by atoms with Crippen molar-refractivity contribution >= 4 is 17.3 Å². The molecule has 9 heteroatoms. The van der Waals surface area contributed by atoms with Gasteiger partial charge in [0, 0.05) is 25.7 Å².